The predicted octanol–water partition coefficient (Wildman–Crippen LogP) is 0.353. The molecule has 1 N–H and O–H groups in total. The van der Waals surface area contributed by atoms with Crippen molar-refractivity contribution in [3.05, 3.63) is 18.6 Å². The van der Waals surface area contributed by atoms with E-state index in [0.29, 0.717) is 5.65 Å². The number of hydrogen-bond donors (Lipinski definition) is 1. The first-order chi connectivity index (χ1) is 4.47. The van der Waals surface area contributed by atoms with Crippen molar-refractivity contribution >= 4 is 11.2 Å². The van der Waals surface area contributed by atoms with Gasteiger partial charge in [-0.25, -0.2) is 4.98 Å². The molecule has 4 nitrogen and oxygen atoms in total. The van der Waals surface area contributed by atoms with Gasteiger partial charge in [0, 0.05) is 0 Å². The van der Waals surface area contributed by atoms with Gasteiger partial charge in [0.15, 0.2) is 5.65 Å². The molecule has 0 spiro atoms. The van der Waals surface area contributed by atoms with E-state index in [1.54, 1.807) is 12.5 Å². The number of aromatic nitrogens is 4. The molecule has 4 heteroatoms. The monoisotopic (exact) mass is 120 g/mol. The molecule has 0 bridgehead atoms. The van der Waals surface area contributed by atoms with Crippen LogP contribution in [0.4, 0.5) is 0 Å². The zero-order valence-electron chi connectivity index (χ0n) is 4.57. The molecule has 2 rings (SSSR count). The van der Waals surface area contributed by atoms with Crippen LogP contribution in [-0.4, -0.2) is 20.2 Å². The molecule has 0 saturated carbocycles. The van der Waals surface area contributed by atoms with Crippen molar-refractivity contribution in [3.8, 4) is 0 Å². The molecule has 0 fully saturated rings. The summed E-state index contributed by atoms with van der Waals surface area (Å²) < 4.78 is 0. The Morgan fingerprint density at radius 1 is 1.44 bits per heavy atom. The molecule has 2 heterocycles. The van der Waals surface area contributed by atoms with Gasteiger partial charge in [0.1, 0.15) is 0 Å². The molecule has 0 atom stereocenters. The number of nitrogens with zero attached hydrogens (tertiary/aromatic N) is 3. The zero-order valence-corrected chi connectivity index (χ0v) is 4.57. The van der Waals surface area contributed by atoms with E-state index in [9.17, 15) is 0 Å². The van der Waals surface area contributed by atoms with Gasteiger partial charge in [-0.3, -0.25) is 0 Å². The topological polar surface area (TPSA) is 54.5 Å². The van der Waals surface area contributed by atoms with E-state index in [-0.39, 0.29) is 0 Å². The summed E-state index contributed by atoms with van der Waals surface area (Å²) in [5, 5.41) is 7.40. The fourth-order valence-corrected chi connectivity index (χ4v) is 0.695. The van der Waals surface area contributed by atoms with Crippen LogP contribution >= 0.6 is 0 Å². The quantitative estimate of drug-likeness (QED) is 0.545. The van der Waals surface area contributed by atoms with Gasteiger partial charge in [0.25, 0.3) is 0 Å². The maximum absolute atomic E-state index is 3.89. The van der Waals surface area contributed by atoms with E-state index in [4.69, 9.17) is 0 Å². The van der Waals surface area contributed by atoms with E-state index in [1.165, 1.54) is 0 Å². The summed E-state index contributed by atoms with van der Waals surface area (Å²) in [6, 6.07) is 1.83. The van der Waals surface area contributed by atoms with Gasteiger partial charge in [-0.05, 0) is 6.07 Å². The summed E-state index contributed by atoms with van der Waals surface area (Å²) in [6.07, 6.45) is 3.22. The second kappa shape index (κ2) is 1.51. The Morgan fingerprint density at radius 2 is 2.44 bits per heavy atom. The van der Waals surface area contributed by atoms with Crippen LogP contribution in [0.15, 0.2) is 18.6 Å². The third kappa shape index (κ3) is 0.561. The molecule has 0 aliphatic heterocycles. The standard InChI is InChI=1S/C5H4N4/c1-2-8-9-5-4(1)6-3-7-5/h1-3H,(H,6,7,9). The Balaban J connectivity index is 2.95. The molecule has 2 aromatic heterocycles. The minimum absolute atomic E-state index is 0.664. The minimum atomic E-state index is 0.664. The maximum atomic E-state index is 3.89. The lowest BCUT2D eigenvalue weighted by molar-refractivity contribution is 1.06. The van der Waals surface area contributed by atoms with Crippen LogP contribution < -0.4 is 0 Å². The number of H-pyrrole nitrogens is 1. The number of fused-ring (bicyclic) bond motifs is 1. The Labute approximate surface area is 50.9 Å². The first kappa shape index (κ1) is 4.43. The Bertz CT molecular complexity index is 283. The Morgan fingerprint density at radius 3 is 3.33 bits per heavy atom. The lowest BCUT2D eigenvalue weighted by Gasteiger charge is -1.79. The van der Waals surface area contributed by atoms with Crippen molar-refractivity contribution < 1.29 is 0 Å². The van der Waals surface area contributed by atoms with Gasteiger partial charge in [-0.1, -0.05) is 0 Å². The average molecular weight is 120 g/mol. The maximum Gasteiger partial charge on any atom is 0.199 e. The van der Waals surface area contributed by atoms with Crippen LogP contribution in [0.2, 0.25) is 0 Å². The van der Waals surface area contributed by atoms with Crippen molar-refractivity contribution in [2.24, 2.45) is 0 Å². The second-order valence-electron chi connectivity index (χ2n) is 1.67. The van der Waals surface area contributed by atoms with Crippen LogP contribution in [-0.2, 0) is 0 Å². The smallest absolute Gasteiger partial charge is 0.199 e. The van der Waals surface area contributed by atoms with E-state index in [2.05, 4.69) is 20.2 Å². The first-order valence-corrected chi connectivity index (χ1v) is 2.57. The molecular weight excluding hydrogens is 116 g/mol. The van der Waals surface area contributed by atoms with Crippen molar-refractivity contribution in [1.82, 2.24) is 20.2 Å². The summed E-state index contributed by atoms with van der Waals surface area (Å²) in [5.41, 5.74) is 1.59. The highest BCUT2D eigenvalue weighted by Gasteiger charge is 1.91. The van der Waals surface area contributed by atoms with Gasteiger partial charge < -0.3 is 4.98 Å². The fraction of sp³-hybridized carbons (Fsp3) is 0. The molecular formula is C5H4N4. The van der Waals surface area contributed by atoms with E-state index < -0.39 is 0 Å². The normalized spacial score (nSPS) is 10.2. The summed E-state index contributed by atoms with van der Waals surface area (Å²) in [5.74, 6) is 0. The van der Waals surface area contributed by atoms with Gasteiger partial charge >= 0.3 is 0 Å². The minimum Gasteiger partial charge on any atom is -0.343 e. The molecule has 0 aliphatic carbocycles. The van der Waals surface area contributed by atoms with Crippen molar-refractivity contribution in [1.29, 1.82) is 0 Å². The average Bonchev–Trinajstić information content (AvgIpc) is 2.33. The van der Waals surface area contributed by atoms with Crippen LogP contribution in [0.3, 0.4) is 0 Å². The molecule has 0 radical (unpaired) electrons. The van der Waals surface area contributed by atoms with Crippen molar-refractivity contribution in [3.63, 3.8) is 0 Å². The van der Waals surface area contributed by atoms with Crippen molar-refractivity contribution in [2.75, 3.05) is 0 Å². The summed E-state index contributed by atoms with van der Waals surface area (Å²) in [6.45, 7) is 0. The van der Waals surface area contributed by atoms with Crippen LogP contribution in [0.1, 0.15) is 0 Å². The number of imidazole rings is 1. The highest BCUT2D eigenvalue weighted by molar-refractivity contribution is 5.67. The van der Waals surface area contributed by atoms with Crippen LogP contribution in [0.5, 0.6) is 0 Å². The van der Waals surface area contributed by atoms with Crippen LogP contribution in [0.25, 0.3) is 11.2 Å². The van der Waals surface area contributed by atoms with E-state index in [1.807, 2.05) is 6.07 Å². The molecule has 9 heavy (non-hydrogen) atoms. The summed E-state index contributed by atoms with van der Waals surface area (Å²) in [4.78, 5) is 6.80. The SMILES string of the molecule is c1cc2[nH]cnc2nn1. The molecule has 0 aromatic carbocycles. The summed E-state index contributed by atoms with van der Waals surface area (Å²) in [7, 11) is 0. The molecule has 44 valence electrons. The third-order valence-electron chi connectivity index (χ3n) is 1.11. The Hall–Kier alpha value is -1.45. The van der Waals surface area contributed by atoms with Gasteiger partial charge in [0.05, 0.1) is 18.0 Å². The van der Waals surface area contributed by atoms with Gasteiger partial charge in [0.2, 0.25) is 0 Å². The van der Waals surface area contributed by atoms with Gasteiger partial charge in [-0.2, -0.15) is 5.10 Å². The molecule has 0 saturated heterocycles. The first-order valence-electron chi connectivity index (χ1n) is 2.57. The van der Waals surface area contributed by atoms with E-state index >= 15 is 0 Å². The highest BCUT2D eigenvalue weighted by Crippen LogP contribution is 1.99. The summed E-state index contributed by atoms with van der Waals surface area (Å²) >= 11 is 0. The highest BCUT2D eigenvalue weighted by atomic mass is 15.1. The van der Waals surface area contributed by atoms with Gasteiger partial charge in [-0.15, -0.1) is 5.10 Å². The van der Waals surface area contributed by atoms with Crippen LogP contribution in [0, 0.1) is 0 Å². The largest absolute Gasteiger partial charge is 0.343 e. The lowest BCUT2D eigenvalue weighted by atomic mass is 10.5. The number of aromatic amines is 1. The molecule has 0 amide bonds. The van der Waals surface area contributed by atoms with E-state index in [0.717, 1.165) is 5.52 Å². The second-order valence-corrected chi connectivity index (χ2v) is 1.67. The molecule has 0 aliphatic rings. The third-order valence-corrected chi connectivity index (χ3v) is 1.11. The lowest BCUT2D eigenvalue weighted by Crippen LogP contribution is -1.78. The Kier molecular flexibility index (Phi) is 0.745. The fourth-order valence-electron chi connectivity index (χ4n) is 0.695. The number of rotatable bonds is 0. The number of hydrogen-bond acceptors (Lipinski definition) is 3. The van der Waals surface area contributed by atoms with Crippen molar-refractivity contribution in [2.45, 2.75) is 0 Å². The number of nitrogens with one attached hydrogen (secondary N) is 1. The zero-order chi connectivity index (χ0) is 6.10. The predicted molar refractivity (Wildman–Crippen MR) is 31.7 cm³/mol. The molecule has 2 aromatic rings. The molecule has 0 unspecified atom stereocenters.